The zero-order valence-electron chi connectivity index (χ0n) is 11.3. The fourth-order valence-corrected chi connectivity index (χ4v) is 2.49. The molecule has 1 amide bonds. The van der Waals surface area contributed by atoms with E-state index >= 15 is 0 Å². The summed E-state index contributed by atoms with van der Waals surface area (Å²) < 4.78 is 6.97. The van der Waals surface area contributed by atoms with Crippen LogP contribution in [0.4, 0.5) is 0 Å². The molecule has 0 N–H and O–H groups in total. The smallest absolute Gasteiger partial charge is 0.254 e. The molecule has 1 aromatic heterocycles. The van der Waals surface area contributed by atoms with E-state index in [0.717, 1.165) is 13.0 Å². The molecule has 1 aliphatic rings. The van der Waals surface area contributed by atoms with Crippen molar-refractivity contribution < 1.29 is 9.53 Å². The third-order valence-electron chi connectivity index (χ3n) is 3.58. The number of amides is 1. The minimum Gasteiger partial charge on any atom is -0.497 e. The fourth-order valence-electron chi connectivity index (χ4n) is 2.49. The number of carbonyl (C=O) groups is 1. The Morgan fingerprint density at radius 1 is 1.45 bits per heavy atom. The van der Waals surface area contributed by atoms with E-state index in [1.807, 2.05) is 34.0 Å². The summed E-state index contributed by atoms with van der Waals surface area (Å²) in [6.45, 7) is 1.40. The van der Waals surface area contributed by atoms with Gasteiger partial charge in [-0.2, -0.15) is 0 Å². The molecule has 1 aromatic carbocycles. The van der Waals surface area contributed by atoms with Crippen LogP contribution >= 0.6 is 0 Å². The Morgan fingerprint density at radius 2 is 2.35 bits per heavy atom. The van der Waals surface area contributed by atoms with Gasteiger partial charge in [0.2, 0.25) is 0 Å². The summed E-state index contributed by atoms with van der Waals surface area (Å²) in [4.78, 5) is 14.3. The minimum absolute atomic E-state index is 0.0338. The highest BCUT2D eigenvalue weighted by Crippen LogP contribution is 2.23. The molecule has 0 bridgehead atoms. The molecule has 0 radical (unpaired) electrons. The summed E-state index contributed by atoms with van der Waals surface area (Å²) in [5.41, 5.74) is 0.656. The molecule has 0 spiro atoms. The van der Waals surface area contributed by atoms with E-state index in [-0.39, 0.29) is 11.9 Å². The van der Waals surface area contributed by atoms with E-state index in [0.29, 0.717) is 17.9 Å². The zero-order valence-corrected chi connectivity index (χ0v) is 11.3. The molecule has 104 valence electrons. The maximum Gasteiger partial charge on any atom is 0.254 e. The van der Waals surface area contributed by atoms with E-state index in [1.165, 1.54) is 0 Å². The zero-order chi connectivity index (χ0) is 13.9. The number of benzene rings is 1. The van der Waals surface area contributed by atoms with E-state index < -0.39 is 0 Å². The van der Waals surface area contributed by atoms with Crippen LogP contribution in [0.1, 0.15) is 22.8 Å². The maximum absolute atomic E-state index is 12.5. The van der Waals surface area contributed by atoms with E-state index in [9.17, 15) is 4.79 Å². The van der Waals surface area contributed by atoms with Crippen LogP contribution in [-0.4, -0.2) is 46.0 Å². The van der Waals surface area contributed by atoms with Crippen LogP contribution in [0.3, 0.4) is 0 Å². The number of nitrogens with zero attached hydrogens (tertiary/aromatic N) is 4. The molecular formula is C14H16N4O2. The molecule has 0 aliphatic carbocycles. The van der Waals surface area contributed by atoms with Crippen molar-refractivity contribution in [2.75, 3.05) is 20.2 Å². The Bertz CT molecular complexity index is 597. The first kappa shape index (κ1) is 12.7. The highest BCUT2D eigenvalue weighted by atomic mass is 16.5. The maximum atomic E-state index is 12.5. The summed E-state index contributed by atoms with van der Waals surface area (Å²) in [6.07, 6.45) is 4.40. The molecule has 0 saturated carbocycles. The van der Waals surface area contributed by atoms with Crippen molar-refractivity contribution in [1.29, 1.82) is 0 Å². The van der Waals surface area contributed by atoms with Crippen molar-refractivity contribution in [3.8, 4) is 5.75 Å². The van der Waals surface area contributed by atoms with Crippen LogP contribution in [0.5, 0.6) is 5.75 Å². The van der Waals surface area contributed by atoms with Gasteiger partial charge in [-0.25, -0.2) is 4.68 Å². The Labute approximate surface area is 117 Å². The van der Waals surface area contributed by atoms with Crippen LogP contribution in [0.15, 0.2) is 36.7 Å². The lowest BCUT2D eigenvalue weighted by Crippen LogP contribution is -2.29. The molecule has 1 aliphatic heterocycles. The van der Waals surface area contributed by atoms with Gasteiger partial charge in [-0.15, -0.1) is 5.10 Å². The second-order valence-electron chi connectivity index (χ2n) is 4.81. The molecular weight excluding hydrogens is 256 g/mol. The lowest BCUT2D eigenvalue weighted by molar-refractivity contribution is 0.0786. The Balaban J connectivity index is 1.72. The molecule has 3 rings (SSSR count). The quantitative estimate of drug-likeness (QED) is 0.846. The number of aromatic nitrogens is 3. The third-order valence-corrected chi connectivity index (χ3v) is 3.58. The first-order chi connectivity index (χ1) is 9.78. The molecule has 6 heteroatoms. The molecule has 2 aromatic rings. The van der Waals surface area contributed by atoms with Gasteiger partial charge in [0, 0.05) is 24.8 Å². The molecule has 2 heterocycles. The highest BCUT2D eigenvalue weighted by Gasteiger charge is 2.28. The average molecular weight is 272 g/mol. The summed E-state index contributed by atoms with van der Waals surface area (Å²) in [5.74, 6) is 0.731. The number of ether oxygens (including phenoxy) is 1. The summed E-state index contributed by atoms with van der Waals surface area (Å²) >= 11 is 0. The van der Waals surface area contributed by atoms with Gasteiger partial charge in [0.05, 0.1) is 19.3 Å². The van der Waals surface area contributed by atoms with Gasteiger partial charge in [0.1, 0.15) is 5.75 Å². The van der Waals surface area contributed by atoms with Crippen molar-refractivity contribution in [3.05, 3.63) is 42.2 Å². The predicted octanol–water partition coefficient (Wildman–Crippen LogP) is 1.37. The van der Waals surface area contributed by atoms with Crippen molar-refractivity contribution >= 4 is 5.91 Å². The van der Waals surface area contributed by atoms with Crippen LogP contribution in [-0.2, 0) is 0 Å². The van der Waals surface area contributed by atoms with Gasteiger partial charge >= 0.3 is 0 Å². The largest absolute Gasteiger partial charge is 0.497 e. The van der Waals surface area contributed by atoms with E-state index in [4.69, 9.17) is 4.74 Å². The van der Waals surface area contributed by atoms with E-state index in [1.54, 1.807) is 19.4 Å². The lowest BCUT2D eigenvalue weighted by Gasteiger charge is -2.16. The van der Waals surface area contributed by atoms with Crippen molar-refractivity contribution in [2.24, 2.45) is 0 Å². The Morgan fingerprint density at radius 3 is 3.10 bits per heavy atom. The molecule has 20 heavy (non-hydrogen) atoms. The summed E-state index contributed by atoms with van der Waals surface area (Å²) in [6, 6.07) is 7.46. The van der Waals surface area contributed by atoms with Gasteiger partial charge in [-0.3, -0.25) is 4.79 Å². The van der Waals surface area contributed by atoms with Gasteiger partial charge in [0.15, 0.2) is 0 Å². The van der Waals surface area contributed by atoms with Gasteiger partial charge in [-0.1, -0.05) is 11.3 Å². The topological polar surface area (TPSA) is 60.2 Å². The Hall–Kier alpha value is -2.37. The molecule has 1 fully saturated rings. The standard InChI is InChI=1S/C14H16N4O2/c1-20-13-4-2-3-11(9-13)14(19)17-7-5-12(10-17)18-8-6-15-16-18/h2-4,6,8-9,12H,5,7,10H2,1H3. The Kier molecular flexibility index (Phi) is 3.37. The summed E-state index contributed by atoms with van der Waals surface area (Å²) in [5, 5.41) is 7.81. The monoisotopic (exact) mass is 272 g/mol. The SMILES string of the molecule is COc1cccc(C(=O)N2CCC(n3ccnn3)C2)c1. The number of hydrogen-bond donors (Lipinski definition) is 0. The van der Waals surface area contributed by atoms with Gasteiger partial charge in [0.25, 0.3) is 5.91 Å². The minimum atomic E-state index is 0.0338. The normalized spacial score (nSPS) is 18.2. The van der Waals surface area contributed by atoms with Crippen LogP contribution in [0, 0.1) is 0 Å². The molecule has 1 atom stereocenters. The third kappa shape index (κ3) is 2.36. The number of carbonyl (C=O) groups excluding carboxylic acids is 1. The summed E-state index contributed by atoms with van der Waals surface area (Å²) in [7, 11) is 1.60. The molecule has 1 saturated heterocycles. The van der Waals surface area contributed by atoms with Crippen molar-refractivity contribution in [3.63, 3.8) is 0 Å². The first-order valence-corrected chi connectivity index (χ1v) is 6.57. The number of hydrogen-bond acceptors (Lipinski definition) is 4. The fraction of sp³-hybridized carbons (Fsp3) is 0.357. The van der Waals surface area contributed by atoms with Crippen LogP contribution in [0.25, 0.3) is 0 Å². The number of methoxy groups -OCH3 is 1. The second-order valence-corrected chi connectivity index (χ2v) is 4.81. The van der Waals surface area contributed by atoms with Crippen LogP contribution < -0.4 is 4.74 Å². The van der Waals surface area contributed by atoms with E-state index in [2.05, 4.69) is 10.3 Å². The number of rotatable bonds is 3. The highest BCUT2D eigenvalue weighted by molar-refractivity contribution is 5.94. The number of likely N-dealkylation sites (tertiary alicyclic amines) is 1. The van der Waals surface area contributed by atoms with Gasteiger partial charge < -0.3 is 9.64 Å². The van der Waals surface area contributed by atoms with Crippen LogP contribution in [0.2, 0.25) is 0 Å². The molecule has 1 unspecified atom stereocenters. The van der Waals surface area contributed by atoms with Crippen molar-refractivity contribution in [1.82, 2.24) is 19.9 Å². The second kappa shape index (κ2) is 5.32. The van der Waals surface area contributed by atoms with Gasteiger partial charge in [-0.05, 0) is 24.6 Å². The first-order valence-electron chi connectivity index (χ1n) is 6.57. The lowest BCUT2D eigenvalue weighted by atomic mass is 10.2. The predicted molar refractivity (Wildman–Crippen MR) is 72.6 cm³/mol. The molecule has 6 nitrogen and oxygen atoms in total. The van der Waals surface area contributed by atoms with Crippen molar-refractivity contribution in [2.45, 2.75) is 12.5 Å². The average Bonchev–Trinajstić information content (AvgIpc) is 3.17.